The summed E-state index contributed by atoms with van der Waals surface area (Å²) in [6.07, 6.45) is -0.175. The van der Waals surface area contributed by atoms with E-state index < -0.39 is 45.4 Å². The molecule has 306 valence electrons. The largest absolute Gasteiger partial charge is 0.390 e. The molecule has 1 heterocycles. The SMILES string of the molecule is CC(C)CN(CC(O)C(Cc1ccccc1)NC(=O)C(NC(=O)CNCc1cccc(F)c1)C(C)(C)C)S(=O)(=O)c1ccc2nc(NCCCN(C)C)sc2c1. The van der Waals surface area contributed by atoms with Gasteiger partial charge in [0.1, 0.15) is 11.9 Å². The number of benzene rings is 3. The Bertz CT molecular complexity index is 1990. The van der Waals surface area contributed by atoms with Crippen LogP contribution in [0.25, 0.3) is 10.2 Å². The number of carbonyl (C=O) groups is 2. The van der Waals surface area contributed by atoms with Gasteiger partial charge < -0.3 is 31.3 Å². The molecule has 0 aliphatic heterocycles. The smallest absolute Gasteiger partial charge is 0.243 e. The van der Waals surface area contributed by atoms with Crippen molar-refractivity contribution in [3.63, 3.8) is 0 Å². The molecule has 0 spiro atoms. The van der Waals surface area contributed by atoms with Crippen LogP contribution in [0.4, 0.5) is 9.52 Å². The summed E-state index contributed by atoms with van der Waals surface area (Å²) in [5, 5.41) is 24.7. The summed E-state index contributed by atoms with van der Waals surface area (Å²) < 4.78 is 44.2. The fourth-order valence-electron chi connectivity index (χ4n) is 6.17. The van der Waals surface area contributed by atoms with Crippen LogP contribution in [0.1, 0.15) is 52.2 Å². The number of nitrogens with one attached hydrogen (secondary N) is 4. The van der Waals surface area contributed by atoms with Crippen molar-refractivity contribution in [1.29, 1.82) is 0 Å². The number of hydrogen-bond acceptors (Lipinski definition) is 10. The Morgan fingerprint density at radius 1 is 0.946 bits per heavy atom. The van der Waals surface area contributed by atoms with E-state index in [0.717, 1.165) is 29.8 Å². The van der Waals surface area contributed by atoms with Crippen molar-refractivity contribution in [3.05, 3.63) is 89.7 Å². The summed E-state index contributed by atoms with van der Waals surface area (Å²) >= 11 is 1.39. The van der Waals surface area contributed by atoms with E-state index in [9.17, 15) is 27.5 Å². The lowest BCUT2D eigenvalue weighted by Gasteiger charge is -2.34. The fourth-order valence-corrected chi connectivity index (χ4v) is 8.82. The number of rotatable bonds is 21. The second-order valence-electron chi connectivity index (χ2n) is 15.9. The number of anilines is 1. The molecular weight excluding hydrogens is 754 g/mol. The molecule has 0 aliphatic carbocycles. The van der Waals surface area contributed by atoms with Gasteiger partial charge in [-0.15, -0.1) is 0 Å². The molecule has 0 radical (unpaired) electrons. The summed E-state index contributed by atoms with van der Waals surface area (Å²) in [6, 6.07) is 18.3. The van der Waals surface area contributed by atoms with E-state index in [1.165, 1.54) is 27.8 Å². The standard InChI is InChI=1S/C41H58FN7O5S2/c1-28(2)26-49(56(53,54)32-17-18-33-36(23-32)55-40(46-33)44-19-12-20-48(6)7)27-35(50)34(22-29-13-9-8-10-14-29)45-39(52)38(41(3,4)5)47-37(51)25-43-24-30-15-11-16-31(42)21-30/h8-11,13-18,21,23,28,34-35,38,43,50H,12,19-20,22,24-27H2,1-7H3,(H,44,46)(H,45,52)(H,47,51). The van der Waals surface area contributed by atoms with Crippen LogP contribution in [0.3, 0.4) is 0 Å². The summed E-state index contributed by atoms with van der Waals surface area (Å²) in [4.78, 5) is 33.9. The maximum absolute atomic E-state index is 14.3. The first kappa shape index (κ1) is 44.7. The van der Waals surface area contributed by atoms with Crippen LogP contribution >= 0.6 is 11.3 Å². The zero-order valence-electron chi connectivity index (χ0n) is 33.5. The van der Waals surface area contributed by atoms with Gasteiger partial charge in [-0.05, 0) is 86.3 Å². The van der Waals surface area contributed by atoms with Gasteiger partial charge in [0.25, 0.3) is 0 Å². The zero-order valence-corrected chi connectivity index (χ0v) is 35.1. The normalized spacial score (nSPS) is 13.9. The van der Waals surface area contributed by atoms with E-state index in [1.807, 2.05) is 79.0 Å². The number of sulfonamides is 1. The lowest BCUT2D eigenvalue weighted by Crippen LogP contribution is -2.59. The molecule has 0 fully saturated rings. The highest BCUT2D eigenvalue weighted by molar-refractivity contribution is 7.89. The van der Waals surface area contributed by atoms with E-state index in [0.29, 0.717) is 16.2 Å². The van der Waals surface area contributed by atoms with Crippen LogP contribution in [-0.4, -0.2) is 105 Å². The average Bonchev–Trinajstić information content (AvgIpc) is 3.54. The van der Waals surface area contributed by atoms with Crippen molar-refractivity contribution < 1.29 is 27.5 Å². The first-order valence-electron chi connectivity index (χ1n) is 19.0. The highest BCUT2D eigenvalue weighted by Crippen LogP contribution is 2.30. The van der Waals surface area contributed by atoms with Gasteiger partial charge in [-0.2, -0.15) is 4.31 Å². The minimum absolute atomic E-state index is 0.0701. The minimum atomic E-state index is -4.10. The molecule has 4 aromatic rings. The van der Waals surface area contributed by atoms with E-state index in [4.69, 9.17) is 0 Å². The van der Waals surface area contributed by atoms with Crippen LogP contribution in [0.5, 0.6) is 0 Å². The number of aromatic nitrogens is 1. The lowest BCUT2D eigenvalue weighted by atomic mass is 9.85. The monoisotopic (exact) mass is 811 g/mol. The van der Waals surface area contributed by atoms with Crippen LogP contribution in [0, 0.1) is 17.2 Å². The predicted molar refractivity (Wildman–Crippen MR) is 222 cm³/mol. The van der Waals surface area contributed by atoms with Crippen molar-refractivity contribution in [2.45, 2.75) is 77.1 Å². The quantitative estimate of drug-likeness (QED) is 0.0743. The lowest BCUT2D eigenvalue weighted by molar-refractivity contribution is -0.132. The molecule has 3 atom stereocenters. The number of aliphatic hydroxyl groups excluding tert-OH is 1. The van der Waals surface area contributed by atoms with Gasteiger partial charge in [0.2, 0.25) is 21.8 Å². The van der Waals surface area contributed by atoms with Gasteiger partial charge >= 0.3 is 0 Å². The van der Waals surface area contributed by atoms with E-state index in [-0.39, 0.29) is 49.2 Å². The second-order valence-corrected chi connectivity index (χ2v) is 18.9. The maximum atomic E-state index is 14.3. The first-order valence-corrected chi connectivity index (χ1v) is 21.2. The van der Waals surface area contributed by atoms with Crippen molar-refractivity contribution in [2.24, 2.45) is 11.3 Å². The number of thiazole rings is 1. The molecule has 4 rings (SSSR count). The molecule has 3 aromatic carbocycles. The highest BCUT2D eigenvalue weighted by Gasteiger charge is 2.36. The van der Waals surface area contributed by atoms with Gasteiger partial charge in [-0.1, -0.05) is 88.4 Å². The average molecular weight is 812 g/mol. The minimum Gasteiger partial charge on any atom is -0.390 e. The molecule has 0 saturated carbocycles. The third-order valence-corrected chi connectivity index (χ3v) is 11.8. The van der Waals surface area contributed by atoms with Gasteiger partial charge in [-0.3, -0.25) is 9.59 Å². The number of fused-ring (bicyclic) bond motifs is 1. The Morgan fingerprint density at radius 2 is 1.66 bits per heavy atom. The Hall–Kier alpha value is -3.99. The van der Waals surface area contributed by atoms with Crippen LogP contribution in [0.15, 0.2) is 77.7 Å². The van der Waals surface area contributed by atoms with Gasteiger partial charge in [0.15, 0.2) is 5.13 Å². The Morgan fingerprint density at radius 3 is 2.32 bits per heavy atom. The summed E-state index contributed by atoms with van der Waals surface area (Å²) in [5.74, 6) is -1.40. The number of nitrogens with zero attached hydrogens (tertiary/aromatic N) is 3. The summed E-state index contributed by atoms with van der Waals surface area (Å²) in [7, 11) is -0.0579. The number of carbonyl (C=O) groups excluding carboxylic acids is 2. The Kier molecular flexibility index (Phi) is 16.3. The number of amides is 2. The molecule has 3 unspecified atom stereocenters. The Labute approximate surface area is 335 Å². The van der Waals surface area contributed by atoms with Crippen LogP contribution < -0.4 is 21.3 Å². The zero-order chi connectivity index (χ0) is 41.0. The highest BCUT2D eigenvalue weighted by atomic mass is 32.2. The van der Waals surface area contributed by atoms with Crippen molar-refractivity contribution in [1.82, 2.24) is 30.1 Å². The van der Waals surface area contributed by atoms with Crippen molar-refractivity contribution in [3.8, 4) is 0 Å². The van der Waals surface area contributed by atoms with Crippen molar-refractivity contribution in [2.75, 3.05) is 52.1 Å². The predicted octanol–water partition coefficient (Wildman–Crippen LogP) is 4.85. The van der Waals surface area contributed by atoms with Crippen LogP contribution in [-0.2, 0) is 32.6 Å². The van der Waals surface area contributed by atoms with E-state index in [2.05, 4.69) is 31.2 Å². The number of halogens is 1. The summed E-state index contributed by atoms with van der Waals surface area (Å²) in [6.45, 7) is 10.9. The maximum Gasteiger partial charge on any atom is 0.243 e. The molecule has 12 nitrogen and oxygen atoms in total. The second kappa shape index (κ2) is 20.4. The van der Waals surface area contributed by atoms with Crippen LogP contribution in [0.2, 0.25) is 0 Å². The molecule has 1 aromatic heterocycles. The molecule has 0 aliphatic rings. The molecule has 15 heteroatoms. The molecule has 2 amide bonds. The van der Waals surface area contributed by atoms with E-state index >= 15 is 0 Å². The number of hydrogen-bond donors (Lipinski definition) is 5. The Balaban J connectivity index is 1.52. The van der Waals surface area contributed by atoms with Gasteiger partial charge in [-0.25, -0.2) is 17.8 Å². The van der Waals surface area contributed by atoms with Gasteiger partial charge in [0.05, 0.1) is 33.8 Å². The topological polar surface area (TPSA) is 156 Å². The summed E-state index contributed by atoms with van der Waals surface area (Å²) in [5.41, 5.74) is 1.46. The molecular formula is C41H58FN7O5S2. The molecule has 5 N–H and O–H groups in total. The van der Waals surface area contributed by atoms with Gasteiger partial charge in [0, 0.05) is 26.2 Å². The third kappa shape index (κ3) is 13.6. The third-order valence-electron chi connectivity index (χ3n) is 9.04. The fraction of sp³-hybridized carbons (Fsp3) is 0.488. The van der Waals surface area contributed by atoms with Crippen molar-refractivity contribution >= 4 is 48.5 Å². The molecule has 56 heavy (non-hydrogen) atoms. The number of aliphatic hydroxyl groups is 1. The molecule has 0 bridgehead atoms. The van der Waals surface area contributed by atoms with E-state index in [1.54, 1.807) is 30.3 Å². The molecule has 0 saturated heterocycles. The first-order chi connectivity index (χ1) is 26.4.